The van der Waals surface area contributed by atoms with Gasteiger partial charge in [0.25, 0.3) is 0 Å². The summed E-state index contributed by atoms with van der Waals surface area (Å²) in [6, 6.07) is 0. The molecule has 7 heteroatoms. The molecular formula is C9H10ClN5S. The molecule has 0 bridgehead atoms. The van der Waals surface area contributed by atoms with Crippen LogP contribution in [0.4, 0.5) is 0 Å². The third kappa shape index (κ3) is 2.17. The Morgan fingerprint density at radius 1 is 1.44 bits per heavy atom. The largest absolute Gasteiger partial charge is 0.306 e. The molecular weight excluding hydrogens is 246 g/mol. The van der Waals surface area contributed by atoms with Gasteiger partial charge in [-0.2, -0.15) is 0 Å². The van der Waals surface area contributed by atoms with Crippen LogP contribution in [0.2, 0.25) is 5.02 Å². The van der Waals surface area contributed by atoms with E-state index in [0.29, 0.717) is 10.0 Å². The minimum Gasteiger partial charge on any atom is -0.306 e. The van der Waals surface area contributed by atoms with E-state index in [9.17, 15) is 0 Å². The second kappa shape index (κ2) is 4.80. The summed E-state index contributed by atoms with van der Waals surface area (Å²) in [4.78, 5) is 7.93. The van der Waals surface area contributed by atoms with Crippen molar-refractivity contribution in [1.82, 2.24) is 24.7 Å². The van der Waals surface area contributed by atoms with E-state index in [0.717, 1.165) is 17.5 Å². The summed E-state index contributed by atoms with van der Waals surface area (Å²) in [5.41, 5.74) is 0. The van der Waals surface area contributed by atoms with Gasteiger partial charge in [-0.3, -0.25) is 0 Å². The molecule has 0 aromatic carbocycles. The number of aryl methyl sites for hydroxylation is 1. The van der Waals surface area contributed by atoms with Crippen LogP contribution < -0.4 is 0 Å². The second-order valence-corrected chi connectivity index (χ2v) is 4.42. The molecule has 0 aliphatic rings. The van der Waals surface area contributed by atoms with Crippen molar-refractivity contribution >= 4 is 23.4 Å². The van der Waals surface area contributed by atoms with Crippen LogP contribution in [0.15, 0.2) is 22.7 Å². The summed E-state index contributed by atoms with van der Waals surface area (Å²) in [6.07, 6.45) is 3.03. The highest BCUT2D eigenvalue weighted by atomic mass is 35.5. The predicted octanol–water partition coefficient (Wildman–Crippen LogP) is 2.20. The van der Waals surface area contributed by atoms with E-state index in [4.69, 9.17) is 11.6 Å². The van der Waals surface area contributed by atoms with Crippen LogP contribution in [-0.2, 0) is 6.54 Å². The van der Waals surface area contributed by atoms with E-state index < -0.39 is 0 Å². The van der Waals surface area contributed by atoms with Crippen molar-refractivity contribution in [3.63, 3.8) is 0 Å². The third-order valence-electron chi connectivity index (χ3n) is 2.04. The molecule has 0 saturated heterocycles. The van der Waals surface area contributed by atoms with Gasteiger partial charge in [0, 0.05) is 6.54 Å². The summed E-state index contributed by atoms with van der Waals surface area (Å²) in [7, 11) is 0. The predicted molar refractivity (Wildman–Crippen MR) is 61.6 cm³/mol. The quantitative estimate of drug-likeness (QED) is 0.787. The fourth-order valence-corrected chi connectivity index (χ4v) is 2.36. The summed E-state index contributed by atoms with van der Waals surface area (Å²) < 4.78 is 2.00. The highest BCUT2D eigenvalue weighted by Crippen LogP contribution is 2.29. The Morgan fingerprint density at radius 3 is 2.94 bits per heavy atom. The molecule has 0 N–H and O–H groups in total. The third-order valence-corrected chi connectivity index (χ3v) is 3.43. The Labute approximate surface area is 102 Å². The van der Waals surface area contributed by atoms with E-state index in [1.165, 1.54) is 18.1 Å². The van der Waals surface area contributed by atoms with Crippen molar-refractivity contribution in [2.45, 2.75) is 30.6 Å². The molecule has 16 heavy (non-hydrogen) atoms. The smallest absolute Gasteiger partial charge is 0.197 e. The monoisotopic (exact) mass is 255 g/mol. The van der Waals surface area contributed by atoms with Crippen LogP contribution in [0, 0.1) is 6.92 Å². The average molecular weight is 256 g/mol. The molecule has 0 amide bonds. The fraction of sp³-hybridized carbons (Fsp3) is 0.333. The van der Waals surface area contributed by atoms with Crippen molar-refractivity contribution in [2.24, 2.45) is 0 Å². The zero-order valence-corrected chi connectivity index (χ0v) is 10.5. The first kappa shape index (κ1) is 11.3. The lowest BCUT2D eigenvalue weighted by atomic mass is 10.6. The van der Waals surface area contributed by atoms with Gasteiger partial charge in [-0.1, -0.05) is 11.6 Å². The first-order chi connectivity index (χ1) is 7.72. The zero-order valence-electron chi connectivity index (χ0n) is 8.88. The molecule has 2 aromatic rings. The molecule has 0 radical (unpaired) electrons. The minimum absolute atomic E-state index is 0.524. The van der Waals surface area contributed by atoms with Crippen LogP contribution in [0.1, 0.15) is 12.7 Å². The SMILES string of the molecule is CCn1c(C)nnc1Sc1ncncc1Cl. The highest BCUT2D eigenvalue weighted by molar-refractivity contribution is 7.99. The molecule has 0 atom stereocenters. The van der Waals surface area contributed by atoms with Crippen LogP contribution in [0.5, 0.6) is 0 Å². The topological polar surface area (TPSA) is 56.5 Å². The van der Waals surface area contributed by atoms with Gasteiger partial charge in [-0.15, -0.1) is 10.2 Å². The van der Waals surface area contributed by atoms with Gasteiger partial charge < -0.3 is 4.57 Å². The standard InChI is InChI=1S/C9H10ClN5S/c1-3-15-6(2)13-14-9(15)16-8-7(10)4-11-5-12-8/h4-5H,3H2,1-2H3. The summed E-state index contributed by atoms with van der Waals surface area (Å²) in [5.74, 6) is 0.884. The summed E-state index contributed by atoms with van der Waals surface area (Å²) >= 11 is 7.37. The fourth-order valence-electron chi connectivity index (χ4n) is 1.26. The van der Waals surface area contributed by atoms with E-state index >= 15 is 0 Å². The summed E-state index contributed by atoms with van der Waals surface area (Å²) in [6.45, 7) is 4.79. The van der Waals surface area contributed by atoms with Crippen LogP contribution in [0.25, 0.3) is 0 Å². The van der Waals surface area contributed by atoms with Crippen molar-refractivity contribution < 1.29 is 0 Å². The normalized spacial score (nSPS) is 10.7. The molecule has 2 aromatic heterocycles. The van der Waals surface area contributed by atoms with E-state index in [2.05, 4.69) is 20.2 Å². The molecule has 0 aliphatic carbocycles. The molecule has 84 valence electrons. The molecule has 0 unspecified atom stereocenters. The molecule has 5 nitrogen and oxygen atoms in total. The van der Waals surface area contributed by atoms with Gasteiger partial charge in [0.2, 0.25) is 0 Å². The van der Waals surface area contributed by atoms with Gasteiger partial charge in [0.1, 0.15) is 17.2 Å². The van der Waals surface area contributed by atoms with E-state index in [1.807, 2.05) is 18.4 Å². The summed E-state index contributed by atoms with van der Waals surface area (Å²) in [5, 5.41) is 10.1. The van der Waals surface area contributed by atoms with Gasteiger partial charge >= 0.3 is 0 Å². The maximum Gasteiger partial charge on any atom is 0.197 e. The molecule has 0 saturated carbocycles. The van der Waals surface area contributed by atoms with Crippen LogP contribution in [0.3, 0.4) is 0 Å². The lowest BCUT2D eigenvalue weighted by molar-refractivity contribution is 0.661. The number of hydrogen-bond donors (Lipinski definition) is 0. The maximum atomic E-state index is 5.97. The van der Waals surface area contributed by atoms with Gasteiger partial charge in [0.15, 0.2) is 5.16 Å². The molecule has 0 aliphatic heterocycles. The average Bonchev–Trinajstić information content (AvgIpc) is 2.63. The highest BCUT2D eigenvalue weighted by Gasteiger charge is 2.11. The first-order valence-corrected chi connectivity index (χ1v) is 5.95. The molecule has 2 rings (SSSR count). The number of nitrogens with zero attached hydrogens (tertiary/aromatic N) is 5. The Morgan fingerprint density at radius 2 is 2.25 bits per heavy atom. The number of hydrogen-bond acceptors (Lipinski definition) is 5. The Hall–Kier alpha value is -1.14. The molecule has 0 spiro atoms. The van der Waals surface area contributed by atoms with Crippen molar-refractivity contribution in [3.05, 3.63) is 23.4 Å². The van der Waals surface area contributed by atoms with Crippen LogP contribution in [-0.4, -0.2) is 24.7 Å². The lowest BCUT2D eigenvalue weighted by Crippen LogP contribution is -1.99. The Bertz CT molecular complexity index is 498. The van der Waals surface area contributed by atoms with Gasteiger partial charge in [-0.05, 0) is 25.6 Å². The maximum absolute atomic E-state index is 5.97. The van der Waals surface area contributed by atoms with Crippen molar-refractivity contribution in [3.8, 4) is 0 Å². The zero-order chi connectivity index (χ0) is 11.5. The van der Waals surface area contributed by atoms with Crippen molar-refractivity contribution in [1.29, 1.82) is 0 Å². The second-order valence-electron chi connectivity index (χ2n) is 3.05. The van der Waals surface area contributed by atoms with Gasteiger partial charge in [0.05, 0.1) is 11.2 Å². The van der Waals surface area contributed by atoms with E-state index in [1.54, 1.807) is 6.20 Å². The number of aromatic nitrogens is 5. The Kier molecular flexibility index (Phi) is 3.40. The number of rotatable bonds is 3. The molecule has 0 fully saturated rings. The van der Waals surface area contributed by atoms with Gasteiger partial charge in [-0.25, -0.2) is 9.97 Å². The minimum atomic E-state index is 0.524. The van der Waals surface area contributed by atoms with Crippen molar-refractivity contribution in [2.75, 3.05) is 0 Å². The lowest BCUT2D eigenvalue weighted by Gasteiger charge is -2.04. The van der Waals surface area contributed by atoms with Crippen LogP contribution >= 0.6 is 23.4 Å². The number of halogens is 1. The molecule has 2 heterocycles. The van der Waals surface area contributed by atoms with E-state index in [-0.39, 0.29) is 0 Å². The first-order valence-electron chi connectivity index (χ1n) is 4.75. The Balaban J connectivity index is 2.31.